The summed E-state index contributed by atoms with van der Waals surface area (Å²) in [7, 11) is 9.03. The van der Waals surface area contributed by atoms with Crippen LogP contribution in [0.1, 0.15) is 74.0 Å². The molecule has 7 aromatic rings. The van der Waals surface area contributed by atoms with Gasteiger partial charge in [-0.15, -0.1) is 0 Å². The highest BCUT2D eigenvalue weighted by molar-refractivity contribution is 8.26. The van der Waals surface area contributed by atoms with E-state index in [0.29, 0.717) is 49.2 Å². The predicted octanol–water partition coefficient (Wildman–Crippen LogP) is 13.4. The van der Waals surface area contributed by atoms with E-state index in [1.165, 1.54) is 141 Å². The second-order valence-electron chi connectivity index (χ2n) is 14.5. The molecule has 0 unspecified atom stereocenters. The maximum absolute atomic E-state index is 12.8. The highest BCUT2D eigenvalue weighted by Crippen LogP contribution is 2.14. The Morgan fingerprint density at radius 3 is 1.28 bits per heavy atom. The third-order valence-corrected chi connectivity index (χ3v) is 9.55. The Balaban J connectivity index is 0. The lowest BCUT2D eigenvalue weighted by molar-refractivity contribution is 0.0695. The zero-order valence-electron chi connectivity index (χ0n) is 42.0. The van der Waals surface area contributed by atoms with Gasteiger partial charge in [0, 0.05) is 83.5 Å². The first-order valence-electron chi connectivity index (χ1n) is 22.2. The van der Waals surface area contributed by atoms with Crippen LogP contribution in [-0.2, 0) is 14.0 Å². The normalized spacial score (nSPS) is 9.43. The summed E-state index contributed by atoms with van der Waals surface area (Å²) in [4.78, 5) is 59.7. The highest BCUT2D eigenvalue weighted by Gasteiger charge is 2.08. The Bertz CT molecular complexity index is 2730. The average molecular weight is 1270 g/mol. The number of anilines is 4. The number of methoxy groups -OCH3 is 1. The van der Waals surface area contributed by atoms with Gasteiger partial charge in [0.2, 0.25) is 9.23 Å². The number of carboxylic acids is 1. The van der Waals surface area contributed by atoms with Crippen LogP contribution in [0.3, 0.4) is 0 Å². The molecule has 2 amide bonds. The van der Waals surface area contributed by atoms with Crippen molar-refractivity contribution < 1.29 is 46.4 Å². The summed E-state index contributed by atoms with van der Waals surface area (Å²) in [6.45, 7) is 4.55. The topological polar surface area (TPSA) is 254 Å². The Morgan fingerprint density at radius 1 is 0.595 bits per heavy atom. The number of halogens is 9. The Hall–Kier alpha value is -5.76. The van der Waals surface area contributed by atoms with Crippen molar-refractivity contribution >= 4 is 150 Å². The number of aromatic carboxylic acids is 1. The molecule has 0 saturated carbocycles. The molecule has 79 heavy (non-hydrogen) atoms. The molecule has 0 aliphatic rings. The number of hydrogen-bond donors (Lipinski definition) is 6. The molecule has 28 heteroatoms. The van der Waals surface area contributed by atoms with Gasteiger partial charge in [0.1, 0.15) is 38.7 Å². The van der Waals surface area contributed by atoms with Crippen LogP contribution in [0.4, 0.5) is 36.1 Å². The van der Waals surface area contributed by atoms with Gasteiger partial charge in [0.25, 0.3) is 17.1 Å². The van der Waals surface area contributed by atoms with Gasteiger partial charge in [0.15, 0.2) is 0 Å². The Kier molecular flexibility index (Phi) is 42.9. The lowest BCUT2D eigenvalue weighted by Crippen LogP contribution is -2.12. The number of hydrogen-bond acceptors (Lipinski definition) is 13. The van der Waals surface area contributed by atoms with E-state index in [9.17, 15) is 32.3 Å². The molecule has 0 radical (unpaired) electrons. The lowest BCUT2D eigenvalue weighted by Gasteiger charge is -2.07. The van der Waals surface area contributed by atoms with Crippen molar-refractivity contribution in [3.8, 4) is 0 Å². The van der Waals surface area contributed by atoms with Gasteiger partial charge < -0.3 is 37.3 Å². The summed E-state index contributed by atoms with van der Waals surface area (Å²) >= 11 is 21.6. The number of pyridine rings is 4. The van der Waals surface area contributed by atoms with Crippen molar-refractivity contribution in [3.63, 3.8) is 0 Å². The van der Waals surface area contributed by atoms with E-state index in [2.05, 4.69) is 64.2 Å². The smallest absolute Gasteiger partial charge is 0.337 e. The van der Waals surface area contributed by atoms with E-state index in [0.717, 1.165) is 38.4 Å². The number of aromatic nitrogens is 4. The molecule has 4 heterocycles. The van der Waals surface area contributed by atoms with Gasteiger partial charge in [-0.3, -0.25) is 14.4 Å². The standard InChI is InChI=1S/C17H20FN3O.C12H8ClFN2O.C6H3Cl2NO.C6H4ClNO2.C6H6FN.C4H11NO.Cl2OS.2H2S/c1-2-3-4-11-19-16-10-5-13(12-20-16)17(22)21-15-8-6-14(18)7-9-15;13-11-6-1-8(7-15-11)12(17)16-10-4-2-9(14)3-5-10;7-5-2-1-4(3-9-5)6(8)10;7-5-2-1-4(3-8-5)6(9)10;7-5-1-3-6(8)4-2-5;1-6-4-2-3-5;1-4(2)3;;/h5-10,12H,2-4,11H2,1H3,(H,19,20)(H,21,22);1-7H,(H,16,17);1-3H;1-3H,(H,9,10);1-4H,8H2;2-5H2,1H3;;2*1H2. The number of ether oxygens (including phenoxy) is 1. The van der Waals surface area contributed by atoms with Crippen LogP contribution >= 0.6 is 94.8 Å². The van der Waals surface area contributed by atoms with Crippen LogP contribution < -0.4 is 27.4 Å². The van der Waals surface area contributed by atoms with E-state index < -0.39 is 20.4 Å². The first kappa shape index (κ1) is 75.3. The van der Waals surface area contributed by atoms with E-state index >= 15 is 0 Å². The first-order chi connectivity index (χ1) is 36.7. The number of nitrogens with zero attached hydrogens (tertiary/aromatic N) is 4. The Morgan fingerprint density at radius 2 is 0.975 bits per heavy atom. The second kappa shape index (κ2) is 45.0. The van der Waals surface area contributed by atoms with E-state index in [1.807, 2.05) is 0 Å². The molecule has 3 aromatic carbocycles. The van der Waals surface area contributed by atoms with E-state index in [-0.39, 0.29) is 61.8 Å². The quantitative estimate of drug-likeness (QED) is 0.0256. The maximum Gasteiger partial charge on any atom is 0.337 e. The third-order valence-electron chi connectivity index (χ3n) is 8.66. The monoisotopic (exact) mass is 1270 g/mol. The van der Waals surface area contributed by atoms with Gasteiger partial charge in [-0.2, -0.15) is 27.0 Å². The number of unbranched alkanes of at least 4 members (excludes halogenated alkanes) is 2. The van der Waals surface area contributed by atoms with Crippen molar-refractivity contribution in [1.29, 1.82) is 0 Å². The predicted molar refractivity (Wildman–Crippen MR) is 323 cm³/mol. The number of carboxylic acid groups (broad SMARTS) is 1. The highest BCUT2D eigenvalue weighted by atomic mass is 36.0. The molecule has 0 atom stereocenters. The average Bonchev–Trinajstić information content (AvgIpc) is 3.40. The molecule has 7 rings (SSSR count). The van der Waals surface area contributed by atoms with Gasteiger partial charge >= 0.3 is 5.97 Å². The summed E-state index contributed by atoms with van der Waals surface area (Å²) in [5.74, 6) is -1.76. The zero-order chi connectivity index (χ0) is 57.5. The maximum atomic E-state index is 12.8. The molecule has 8 N–H and O–H groups in total. The lowest BCUT2D eigenvalue weighted by atomic mass is 10.2. The molecule has 16 nitrogen and oxygen atoms in total. The zero-order valence-corrected chi connectivity index (χ0v) is 49.3. The summed E-state index contributed by atoms with van der Waals surface area (Å²) in [5.41, 5.74) is 13.4. The fourth-order valence-electron chi connectivity index (χ4n) is 4.89. The van der Waals surface area contributed by atoms with Crippen molar-refractivity contribution in [2.75, 3.05) is 48.5 Å². The number of rotatable bonds is 14. The van der Waals surface area contributed by atoms with Crippen molar-refractivity contribution in [2.24, 2.45) is 5.73 Å². The number of nitrogens with one attached hydrogen (secondary N) is 3. The third kappa shape index (κ3) is 37.7. The summed E-state index contributed by atoms with van der Waals surface area (Å²) in [6, 6.07) is 29.3. The van der Waals surface area contributed by atoms with Crippen LogP contribution in [-0.4, -0.2) is 79.1 Å². The first-order valence-corrected chi connectivity index (χ1v) is 26.5. The van der Waals surface area contributed by atoms with Gasteiger partial charge in [0.05, 0.1) is 22.3 Å². The molecular weight excluding hydrogens is 1220 g/mol. The molecule has 428 valence electrons. The summed E-state index contributed by atoms with van der Waals surface area (Å²) in [5, 5.41) is 17.4. The molecule has 0 bridgehead atoms. The van der Waals surface area contributed by atoms with Crippen LogP contribution in [0.2, 0.25) is 15.5 Å². The molecule has 4 aromatic heterocycles. The molecule has 0 saturated heterocycles. The van der Waals surface area contributed by atoms with E-state index in [1.54, 1.807) is 25.3 Å². The summed E-state index contributed by atoms with van der Waals surface area (Å²) in [6.07, 6.45) is 9.88. The van der Waals surface area contributed by atoms with Crippen LogP contribution in [0.15, 0.2) is 146 Å². The number of amides is 2. The number of nitrogens with two attached hydrogens (primary N) is 2. The minimum absolute atomic E-state index is 0. The van der Waals surface area contributed by atoms with Gasteiger partial charge in [-0.1, -0.05) is 54.6 Å². The van der Waals surface area contributed by atoms with Gasteiger partial charge in [-0.25, -0.2) is 42.1 Å². The van der Waals surface area contributed by atoms with E-state index in [4.69, 9.17) is 71.9 Å². The number of nitrogen functional groups attached to an aromatic ring is 1. The fourth-order valence-corrected chi connectivity index (χ4v) is 5.34. The van der Waals surface area contributed by atoms with Crippen LogP contribution in [0.5, 0.6) is 0 Å². The molecular formula is C51H56Cl6F3N9O7S3. The Labute approximate surface area is 500 Å². The van der Waals surface area contributed by atoms with Crippen molar-refractivity contribution in [1.82, 2.24) is 19.9 Å². The molecule has 0 fully saturated rings. The largest absolute Gasteiger partial charge is 0.478 e. The fraction of sp³-hybridized carbons (Fsp3) is 0.176. The molecule has 0 aliphatic heterocycles. The number of carbonyl (C=O) groups excluding carboxylic acids is 3. The number of carbonyl (C=O) groups is 4. The summed E-state index contributed by atoms with van der Waals surface area (Å²) < 4.78 is 51.3. The van der Waals surface area contributed by atoms with Gasteiger partial charge in [-0.05, 0) is 152 Å². The molecule has 0 spiro atoms. The van der Waals surface area contributed by atoms with Crippen molar-refractivity contribution in [2.45, 2.75) is 32.6 Å². The van der Waals surface area contributed by atoms with Crippen molar-refractivity contribution in [3.05, 3.63) is 201 Å². The van der Waals surface area contributed by atoms with Crippen LogP contribution in [0, 0.1) is 17.5 Å². The second-order valence-corrected chi connectivity index (χ2v) is 18.6. The minimum Gasteiger partial charge on any atom is -0.478 e. The van der Waals surface area contributed by atoms with Crippen LogP contribution in [0.25, 0.3) is 0 Å². The molecule has 0 aliphatic carbocycles. The SMILES string of the molecule is CCCCCNc1ccc(C(=O)Nc2ccc(F)cc2)cn1.COCCCN.Nc1ccc(F)cc1.O=C(Cl)c1ccc(Cl)nc1.O=C(Nc1ccc(F)cc1)c1ccc(Cl)nc1.O=C(O)c1ccc(Cl)nc1.O=S(Cl)Cl.S.S. The number of benzene rings is 3. The minimum atomic E-state index is -1.67.